The summed E-state index contributed by atoms with van der Waals surface area (Å²) in [6.07, 6.45) is 0. The molecular weight excluding hydrogens is 355 g/mol. The number of nitrogens with one attached hydrogen (secondary N) is 1. The predicted molar refractivity (Wildman–Crippen MR) is 97.1 cm³/mol. The Kier molecular flexibility index (Phi) is 5.08. The Hall–Kier alpha value is -2.67. The van der Waals surface area contributed by atoms with E-state index in [1.807, 2.05) is 13.8 Å². The third-order valence-electron chi connectivity index (χ3n) is 3.68. The Labute approximate surface area is 151 Å². The van der Waals surface area contributed by atoms with Crippen molar-refractivity contribution in [2.75, 3.05) is 11.9 Å². The molecule has 0 spiro atoms. The quantitative estimate of drug-likeness (QED) is 0.693. The Morgan fingerprint density at radius 3 is 2.38 bits per heavy atom. The molecule has 0 amide bonds. The van der Waals surface area contributed by atoms with Crippen LogP contribution in [0.5, 0.6) is 0 Å². The van der Waals surface area contributed by atoms with E-state index in [4.69, 9.17) is 4.42 Å². The van der Waals surface area contributed by atoms with Crippen molar-refractivity contribution in [1.29, 1.82) is 0 Å². The molecule has 5 nitrogen and oxygen atoms in total. The maximum Gasteiger partial charge on any atom is 0.233 e. The van der Waals surface area contributed by atoms with Crippen LogP contribution in [0.3, 0.4) is 0 Å². The number of nitrogens with zero attached hydrogens (tertiary/aromatic N) is 1. The van der Waals surface area contributed by atoms with Gasteiger partial charge in [-0.1, -0.05) is 44.2 Å². The molecule has 0 aliphatic carbocycles. The zero-order valence-electron chi connectivity index (χ0n) is 14.4. The highest BCUT2D eigenvalue weighted by molar-refractivity contribution is 7.91. The summed E-state index contributed by atoms with van der Waals surface area (Å²) in [6.45, 7) is 4.45. The molecule has 0 atom stereocenters. The van der Waals surface area contributed by atoms with Crippen molar-refractivity contribution in [2.45, 2.75) is 23.8 Å². The Morgan fingerprint density at radius 2 is 1.73 bits per heavy atom. The molecule has 7 heteroatoms. The lowest BCUT2D eigenvalue weighted by Gasteiger charge is -2.07. The summed E-state index contributed by atoms with van der Waals surface area (Å²) in [6, 6.07) is 13.9. The number of rotatable bonds is 6. The maximum absolute atomic E-state index is 14.1. The van der Waals surface area contributed by atoms with Crippen LogP contribution < -0.4 is 5.32 Å². The van der Waals surface area contributed by atoms with Crippen LogP contribution >= 0.6 is 0 Å². The largest absolute Gasteiger partial charge is 0.419 e. The van der Waals surface area contributed by atoms with Crippen LogP contribution in [0.1, 0.15) is 13.8 Å². The number of halogens is 1. The summed E-state index contributed by atoms with van der Waals surface area (Å²) < 4.78 is 45.6. The van der Waals surface area contributed by atoms with Crippen molar-refractivity contribution in [3.05, 3.63) is 60.4 Å². The molecule has 0 bridgehead atoms. The summed E-state index contributed by atoms with van der Waals surface area (Å²) in [5.41, 5.74) is 0.106. The zero-order valence-corrected chi connectivity index (χ0v) is 15.3. The first-order chi connectivity index (χ1) is 12.4. The van der Waals surface area contributed by atoms with E-state index in [-0.39, 0.29) is 33.2 Å². The van der Waals surface area contributed by atoms with Gasteiger partial charge in [0.2, 0.25) is 26.6 Å². The minimum atomic E-state index is -3.91. The zero-order chi connectivity index (χ0) is 18.7. The van der Waals surface area contributed by atoms with Crippen LogP contribution in [-0.4, -0.2) is 19.9 Å². The minimum absolute atomic E-state index is 0.0146. The average molecular weight is 374 g/mol. The van der Waals surface area contributed by atoms with E-state index in [1.54, 1.807) is 30.3 Å². The molecule has 0 saturated heterocycles. The fraction of sp³-hybridized carbons (Fsp3) is 0.211. The van der Waals surface area contributed by atoms with Gasteiger partial charge in [-0.25, -0.2) is 12.8 Å². The van der Waals surface area contributed by atoms with Crippen LogP contribution in [0, 0.1) is 11.7 Å². The van der Waals surface area contributed by atoms with Crippen LogP contribution in [-0.2, 0) is 9.84 Å². The lowest BCUT2D eigenvalue weighted by Crippen LogP contribution is -2.11. The highest BCUT2D eigenvalue weighted by atomic mass is 32.2. The van der Waals surface area contributed by atoms with Gasteiger partial charge in [0.15, 0.2) is 0 Å². The Morgan fingerprint density at radius 1 is 1.08 bits per heavy atom. The smallest absolute Gasteiger partial charge is 0.233 e. The number of anilines is 1. The molecule has 3 aromatic rings. The lowest BCUT2D eigenvalue weighted by molar-refractivity contribution is 0.559. The van der Waals surface area contributed by atoms with Crippen LogP contribution in [0.2, 0.25) is 0 Å². The molecule has 0 saturated carbocycles. The summed E-state index contributed by atoms with van der Waals surface area (Å²) in [7, 11) is -3.91. The Bertz CT molecular complexity index is 999. The standard InChI is InChI=1S/C19H19FN2O3S/c1-13(2)12-21-18-19(26(23,24)14-8-4-3-5-9-14)22-17(25-18)15-10-6-7-11-16(15)20/h3-11,13,21H,12H2,1-2H3. The first-order valence-corrected chi connectivity index (χ1v) is 9.67. The second-order valence-corrected chi connectivity index (χ2v) is 8.09. The topological polar surface area (TPSA) is 72.2 Å². The summed E-state index contributed by atoms with van der Waals surface area (Å²) >= 11 is 0. The molecule has 1 aromatic heterocycles. The van der Waals surface area contributed by atoms with Crippen LogP contribution in [0.15, 0.2) is 68.9 Å². The van der Waals surface area contributed by atoms with Crippen LogP contribution in [0.25, 0.3) is 11.5 Å². The van der Waals surface area contributed by atoms with E-state index in [1.165, 1.54) is 24.3 Å². The molecule has 2 aromatic carbocycles. The second kappa shape index (κ2) is 7.29. The summed E-state index contributed by atoms with van der Waals surface area (Å²) in [4.78, 5) is 4.21. The fourth-order valence-corrected chi connectivity index (χ4v) is 3.66. The minimum Gasteiger partial charge on any atom is -0.419 e. The predicted octanol–water partition coefficient (Wildman–Crippen LogP) is 4.38. The Balaban J connectivity index is 2.12. The SMILES string of the molecule is CC(C)CNc1oc(-c2ccccc2F)nc1S(=O)(=O)c1ccccc1. The molecule has 0 aliphatic rings. The van der Waals surface area contributed by atoms with E-state index in [0.29, 0.717) is 6.54 Å². The van der Waals surface area contributed by atoms with Crippen molar-refractivity contribution in [3.63, 3.8) is 0 Å². The van der Waals surface area contributed by atoms with Gasteiger partial charge >= 0.3 is 0 Å². The maximum atomic E-state index is 14.1. The number of hydrogen-bond donors (Lipinski definition) is 1. The van der Waals surface area contributed by atoms with Gasteiger partial charge in [0.25, 0.3) is 0 Å². The molecule has 0 fully saturated rings. The number of benzene rings is 2. The van der Waals surface area contributed by atoms with Crippen molar-refractivity contribution in [2.24, 2.45) is 5.92 Å². The van der Waals surface area contributed by atoms with Crippen molar-refractivity contribution in [1.82, 2.24) is 4.98 Å². The van der Waals surface area contributed by atoms with E-state index in [2.05, 4.69) is 10.3 Å². The second-order valence-electron chi connectivity index (χ2n) is 6.22. The molecule has 3 rings (SSSR count). The number of sulfone groups is 1. The molecule has 0 unspecified atom stereocenters. The third kappa shape index (κ3) is 3.62. The fourth-order valence-electron chi connectivity index (χ4n) is 2.36. The first-order valence-electron chi connectivity index (χ1n) is 8.19. The van der Waals surface area contributed by atoms with Gasteiger partial charge in [0.05, 0.1) is 10.5 Å². The summed E-state index contributed by atoms with van der Waals surface area (Å²) in [5.74, 6) is -0.346. The van der Waals surface area contributed by atoms with Crippen molar-refractivity contribution >= 4 is 15.7 Å². The van der Waals surface area contributed by atoms with E-state index < -0.39 is 15.7 Å². The van der Waals surface area contributed by atoms with E-state index in [0.717, 1.165) is 0 Å². The van der Waals surface area contributed by atoms with Crippen molar-refractivity contribution < 1.29 is 17.2 Å². The highest BCUT2D eigenvalue weighted by Gasteiger charge is 2.29. The highest BCUT2D eigenvalue weighted by Crippen LogP contribution is 2.33. The molecule has 1 N–H and O–H groups in total. The number of oxazole rings is 1. The van der Waals surface area contributed by atoms with Gasteiger partial charge < -0.3 is 9.73 Å². The number of aromatic nitrogens is 1. The lowest BCUT2D eigenvalue weighted by atomic mass is 10.2. The van der Waals surface area contributed by atoms with E-state index >= 15 is 0 Å². The van der Waals surface area contributed by atoms with Crippen molar-refractivity contribution in [3.8, 4) is 11.5 Å². The number of hydrogen-bond acceptors (Lipinski definition) is 5. The molecular formula is C19H19FN2O3S. The van der Waals surface area contributed by atoms with Crippen LogP contribution in [0.4, 0.5) is 10.3 Å². The molecule has 0 aliphatic heterocycles. The summed E-state index contributed by atoms with van der Waals surface area (Å²) in [5, 5.41) is 2.72. The third-order valence-corrected chi connectivity index (χ3v) is 5.36. The van der Waals surface area contributed by atoms with E-state index in [9.17, 15) is 12.8 Å². The first kappa shape index (κ1) is 18.1. The molecule has 1 heterocycles. The van der Waals surface area contributed by atoms with Gasteiger partial charge in [-0.2, -0.15) is 4.98 Å². The van der Waals surface area contributed by atoms with Gasteiger partial charge in [0, 0.05) is 6.54 Å². The molecule has 26 heavy (non-hydrogen) atoms. The van der Waals surface area contributed by atoms with Gasteiger partial charge in [-0.3, -0.25) is 0 Å². The van der Waals surface area contributed by atoms with Gasteiger partial charge in [0.1, 0.15) is 5.82 Å². The average Bonchev–Trinajstić information content (AvgIpc) is 3.06. The van der Waals surface area contributed by atoms with Gasteiger partial charge in [-0.05, 0) is 30.2 Å². The molecule has 136 valence electrons. The molecule has 0 radical (unpaired) electrons. The monoisotopic (exact) mass is 374 g/mol. The normalized spacial score (nSPS) is 11.7. The van der Waals surface area contributed by atoms with Gasteiger partial charge in [-0.15, -0.1) is 0 Å².